The molecular weight excluding hydrogens is 231 g/mol. The zero-order valence-corrected chi connectivity index (χ0v) is 10.9. The van der Waals surface area contributed by atoms with E-state index in [1.54, 1.807) is 0 Å². The van der Waals surface area contributed by atoms with Crippen LogP contribution in [0.5, 0.6) is 0 Å². The van der Waals surface area contributed by atoms with E-state index in [9.17, 15) is 9.59 Å². The molecule has 0 aromatic heterocycles. The fraction of sp³-hybridized carbons (Fsp3) is 0.692. The van der Waals surface area contributed by atoms with Gasteiger partial charge in [-0.3, -0.25) is 0 Å². The van der Waals surface area contributed by atoms with Crippen LogP contribution in [-0.4, -0.2) is 29.0 Å². The summed E-state index contributed by atoms with van der Waals surface area (Å²) in [5.41, 5.74) is 0.882. The Balaban J connectivity index is 3.89. The minimum Gasteiger partial charge on any atom is -0.427 e. The predicted octanol–water partition coefficient (Wildman–Crippen LogP) is 1.73. The van der Waals surface area contributed by atoms with Gasteiger partial charge in [-0.1, -0.05) is 32.6 Å². The second kappa shape index (κ2) is 11.0. The lowest BCUT2D eigenvalue weighted by atomic mass is 9.83. The Kier molecular flexibility index (Phi) is 10.3. The molecule has 0 saturated heterocycles. The molecule has 2 N–H and O–H groups in total. The molecule has 0 amide bonds. The van der Waals surface area contributed by atoms with Crippen LogP contribution in [0.1, 0.15) is 51.9 Å². The maximum atomic E-state index is 10.8. The standard InChI is InChI=1S/C13H21BO4/c1-2-7-12(10-15)13(11-16)8-5-3-4-6-9-14(17)18/h17-18H,2-9H2,1H3. The molecule has 0 aromatic rings. The Bertz CT molecular complexity index is 326. The highest BCUT2D eigenvalue weighted by Crippen LogP contribution is 2.18. The Morgan fingerprint density at radius 3 is 2.00 bits per heavy atom. The Hall–Kier alpha value is -1.12. The maximum absolute atomic E-state index is 10.8. The van der Waals surface area contributed by atoms with Gasteiger partial charge in [0.2, 0.25) is 0 Å². The molecular formula is C13H21BO4. The molecule has 0 aliphatic carbocycles. The van der Waals surface area contributed by atoms with Crippen molar-refractivity contribution in [3.8, 4) is 0 Å². The summed E-state index contributed by atoms with van der Waals surface area (Å²) in [7, 11) is -1.23. The lowest BCUT2D eigenvalue weighted by Gasteiger charge is -2.04. The lowest BCUT2D eigenvalue weighted by molar-refractivity contribution is 0.401. The molecule has 0 aromatic carbocycles. The Morgan fingerprint density at radius 1 is 0.944 bits per heavy atom. The zero-order chi connectivity index (χ0) is 13.8. The summed E-state index contributed by atoms with van der Waals surface area (Å²) in [5.74, 6) is 3.66. The zero-order valence-electron chi connectivity index (χ0n) is 10.9. The normalized spacial score (nSPS) is 9.50. The first kappa shape index (κ1) is 16.9. The third-order valence-corrected chi connectivity index (χ3v) is 2.75. The van der Waals surface area contributed by atoms with Crippen molar-refractivity contribution in [3.05, 3.63) is 11.1 Å². The molecule has 0 spiro atoms. The molecule has 0 aliphatic rings. The van der Waals surface area contributed by atoms with E-state index in [-0.39, 0.29) is 0 Å². The number of unbranched alkanes of at least 4 members (excludes halogenated alkanes) is 3. The van der Waals surface area contributed by atoms with E-state index in [0.717, 1.165) is 32.1 Å². The fourth-order valence-electron chi connectivity index (χ4n) is 1.76. The van der Waals surface area contributed by atoms with Gasteiger partial charge in [0.05, 0.1) is 11.1 Å². The molecule has 0 rings (SSSR count). The van der Waals surface area contributed by atoms with Gasteiger partial charge in [-0.05, 0) is 25.6 Å². The van der Waals surface area contributed by atoms with Crippen molar-refractivity contribution in [1.82, 2.24) is 0 Å². The highest BCUT2D eigenvalue weighted by atomic mass is 16.4. The smallest absolute Gasteiger partial charge is 0.427 e. The van der Waals surface area contributed by atoms with E-state index in [4.69, 9.17) is 10.0 Å². The van der Waals surface area contributed by atoms with E-state index in [0.29, 0.717) is 30.3 Å². The quantitative estimate of drug-likeness (QED) is 0.269. The molecule has 0 atom stereocenters. The summed E-state index contributed by atoms with van der Waals surface area (Å²) >= 11 is 0. The number of rotatable bonds is 10. The van der Waals surface area contributed by atoms with Crippen LogP contribution in [0.3, 0.4) is 0 Å². The van der Waals surface area contributed by atoms with Gasteiger partial charge in [0.15, 0.2) is 0 Å². The van der Waals surface area contributed by atoms with Gasteiger partial charge in [-0.2, -0.15) is 0 Å². The average molecular weight is 252 g/mol. The minimum atomic E-state index is -1.23. The highest BCUT2D eigenvalue weighted by molar-refractivity contribution is 6.40. The highest BCUT2D eigenvalue weighted by Gasteiger charge is 2.08. The van der Waals surface area contributed by atoms with Crippen LogP contribution in [0.25, 0.3) is 0 Å². The van der Waals surface area contributed by atoms with Crippen LogP contribution in [0, 0.1) is 0 Å². The first-order valence-electron chi connectivity index (χ1n) is 6.50. The van der Waals surface area contributed by atoms with E-state index in [1.165, 1.54) is 0 Å². The van der Waals surface area contributed by atoms with Gasteiger partial charge in [0.1, 0.15) is 11.9 Å². The monoisotopic (exact) mass is 252 g/mol. The summed E-state index contributed by atoms with van der Waals surface area (Å²) < 4.78 is 0. The van der Waals surface area contributed by atoms with E-state index < -0.39 is 7.12 Å². The number of hydrogen-bond acceptors (Lipinski definition) is 4. The van der Waals surface area contributed by atoms with Crippen molar-refractivity contribution >= 4 is 19.0 Å². The second-order valence-corrected chi connectivity index (χ2v) is 4.34. The summed E-state index contributed by atoms with van der Waals surface area (Å²) in [6, 6.07) is 0. The fourth-order valence-corrected chi connectivity index (χ4v) is 1.76. The van der Waals surface area contributed by atoms with Crippen LogP contribution < -0.4 is 0 Å². The molecule has 4 nitrogen and oxygen atoms in total. The molecule has 0 heterocycles. The van der Waals surface area contributed by atoms with Crippen molar-refractivity contribution in [2.45, 2.75) is 58.2 Å². The van der Waals surface area contributed by atoms with Crippen LogP contribution in [0.4, 0.5) is 0 Å². The lowest BCUT2D eigenvalue weighted by Crippen LogP contribution is -2.09. The van der Waals surface area contributed by atoms with E-state index in [2.05, 4.69) is 0 Å². The molecule has 100 valence electrons. The Labute approximate surface area is 109 Å². The minimum absolute atomic E-state index is 0.381. The predicted molar refractivity (Wildman–Crippen MR) is 71.4 cm³/mol. The van der Waals surface area contributed by atoms with Gasteiger partial charge in [-0.25, -0.2) is 9.59 Å². The molecule has 0 fully saturated rings. The van der Waals surface area contributed by atoms with Crippen molar-refractivity contribution < 1.29 is 19.6 Å². The summed E-state index contributed by atoms with van der Waals surface area (Å²) in [4.78, 5) is 21.4. The van der Waals surface area contributed by atoms with Crippen molar-refractivity contribution in [2.75, 3.05) is 0 Å². The SMILES string of the molecule is CCCC(=C=O)C(=C=O)CCCCCCB(O)O. The molecule has 0 saturated carbocycles. The van der Waals surface area contributed by atoms with Crippen molar-refractivity contribution in [1.29, 1.82) is 0 Å². The molecule has 0 bridgehead atoms. The molecule has 5 heteroatoms. The Morgan fingerprint density at radius 2 is 1.50 bits per heavy atom. The van der Waals surface area contributed by atoms with E-state index >= 15 is 0 Å². The number of allylic oxidation sites excluding steroid dienone is 2. The van der Waals surface area contributed by atoms with Gasteiger partial charge in [0, 0.05) is 0 Å². The van der Waals surface area contributed by atoms with Gasteiger partial charge in [-0.15, -0.1) is 0 Å². The molecule has 18 heavy (non-hydrogen) atoms. The summed E-state index contributed by atoms with van der Waals surface area (Å²) in [6.45, 7) is 1.94. The second-order valence-electron chi connectivity index (χ2n) is 4.34. The molecule has 0 radical (unpaired) electrons. The van der Waals surface area contributed by atoms with Crippen LogP contribution >= 0.6 is 0 Å². The topological polar surface area (TPSA) is 74.6 Å². The third-order valence-electron chi connectivity index (χ3n) is 2.75. The first-order valence-corrected chi connectivity index (χ1v) is 6.50. The first-order chi connectivity index (χ1) is 8.65. The molecule has 0 aliphatic heterocycles. The largest absolute Gasteiger partial charge is 0.451 e. The van der Waals surface area contributed by atoms with E-state index in [1.807, 2.05) is 18.8 Å². The van der Waals surface area contributed by atoms with Gasteiger partial charge >= 0.3 is 7.12 Å². The average Bonchev–Trinajstić information content (AvgIpc) is 2.35. The third kappa shape index (κ3) is 8.05. The molecule has 0 unspecified atom stereocenters. The maximum Gasteiger partial charge on any atom is 0.451 e. The van der Waals surface area contributed by atoms with Crippen LogP contribution in [0.2, 0.25) is 6.32 Å². The summed E-state index contributed by atoms with van der Waals surface area (Å²) in [6.07, 6.45) is 5.66. The van der Waals surface area contributed by atoms with Crippen molar-refractivity contribution in [3.63, 3.8) is 0 Å². The van der Waals surface area contributed by atoms with Gasteiger partial charge < -0.3 is 10.0 Å². The van der Waals surface area contributed by atoms with Gasteiger partial charge in [0.25, 0.3) is 0 Å². The summed E-state index contributed by atoms with van der Waals surface area (Å²) in [5, 5.41) is 17.3. The van der Waals surface area contributed by atoms with Crippen LogP contribution in [0.15, 0.2) is 11.1 Å². The number of hydrogen-bond donors (Lipinski definition) is 2. The van der Waals surface area contributed by atoms with Crippen LogP contribution in [-0.2, 0) is 9.59 Å². The number of carbonyl (C=O) groups excluding carboxylic acids is 2. The van der Waals surface area contributed by atoms with Crippen molar-refractivity contribution in [2.24, 2.45) is 0 Å².